The Balaban J connectivity index is 2.80. The van der Waals surface area contributed by atoms with Crippen LogP contribution in [0.4, 0.5) is 18.9 Å². The highest BCUT2D eigenvalue weighted by Crippen LogP contribution is 2.38. The van der Waals surface area contributed by atoms with Crippen LogP contribution in [0, 0.1) is 10.1 Å². The number of non-ortho nitro benzene ring substituents is 1. The summed E-state index contributed by atoms with van der Waals surface area (Å²) in [5, 5.41) is 11.0. The van der Waals surface area contributed by atoms with Gasteiger partial charge in [-0.3, -0.25) is 10.1 Å². The first kappa shape index (κ1) is 13.3. The molecule has 1 heterocycles. The molecule has 2 rings (SSSR count). The van der Waals surface area contributed by atoms with E-state index in [0.717, 1.165) is 6.07 Å². The van der Waals surface area contributed by atoms with Gasteiger partial charge in [-0.15, -0.1) is 0 Å². The van der Waals surface area contributed by atoms with E-state index in [1.54, 1.807) is 0 Å². The lowest BCUT2D eigenvalue weighted by Crippen LogP contribution is -2.11. The van der Waals surface area contributed by atoms with Crippen molar-refractivity contribution in [1.29, 1.82) is 0 Å². The minimum Gasteiger partial charge on any atom is -0.345 e. The number of halogens is 3. The summed E-state index contributed by atoms with van der Waals surface area (Å²) in [7, 11) is 0. The van der Waals surface area contributed by atoms with Crippen LogP contribution in [0.2, 0.25) is 0 Å². The Bertz CT molecular complexity index is 634. The second-order valence-electron chi connectivity index (χ2n) is 3.97. The molecule has 0 aliphatic heterocycles. The molecule has 0 aliphatic carbocycles. The predicted octanol–water partition coefficient (Wildman–Crippen LogP) is 2.60. The zero-order valence-electron chi connectivity index (χ0n) is 9.62. The molecule has 0 bridgehead atoms. The molecule has 5 nitrogen and oxygen atoms in total. The molecule has 1 aromatic heterocycles. The number of alkyl halides is 3. The molecular formula is C11H10F3N3O2. The highest BCUT2D eigenvalue weighted by molar-refractivity contribution is 5.91. The smallest absolute Gasteiger partial charge is 0.345 e. The molecule has 0 saturated carbocycles. The van der Waals surface area contributed by atoms with Gasteiger partial charge in [0.25, 0.3) is 5.69 Å². The van der Waals surface area contributed by atoms with Crippen molar-refractivity contribution in [3.63, 3.8) is 0 Å². The van der Waals surface area contributed by atoms with E-state index in [1.807, 2.05) is 0 Å². The fourth-order valence-electron chi connectivity index (χ4n) is 2.06. The quantitative estimate of drug-likeness (QED) is 0.665. The van der Waals surface area contributed by atoms with Crippen molar-refractivity contribution in [2.45, 2.75) is 12.6 Å². The van der Waals surface area contributed by atoms with E-state index in [9.17, 15) is 23.3 Å². The van der Waals surface area contributed by atoms with E-state index in [1.165, 1.54) is 12.1 Å². The molecular weight excluding hydrogens is 263 g/mol. The largest absolute Gasteiger partial charge is 0.431 e. The van der Waals surface area contributed by atoms with Gasteiger partial charge in [0.2, 0.25) is 0 Å². The molecule has 0 aliphatic rings. The van der Waals surface area contributed by atoms with Crippen molar-refractivity contribution in [3.05, 3.63) is 39.6 Å². The third kappa shape index (κ3) is 2.26. The number of benzene rings is 1. The molecule has 102 valence electrons. The van der Waals surface area contributed by atoms with Gasteiger partial charge in [-0.1, -0.05) is 12.1 Å². The van der Waals surface area contributed by atoms with E-state index >= 15 is 0 Å². The molecule has 0 unspecified atom stereocenters. The van der Waals surface area contributed by atoms with Crippen molar-refractivity contribution in [2.24, 2.45) is 5.73 Å². The van der Waals surface area contributed by atoms with Crippen LogP contribution in [0.5, 0.6) is 0 Å². The number of H-pyrrole nitrogens is 1. The molecule has 0 amide bonds. The maximum Gasteiger partial charge on any atom is 0.431 e. The summed E-state index contributed by atoms with van der Waals surface area (Å²) in [6, 6.07) is 3.93. The molecule has 0 atom stereocenters. The zero-order chi connectivity index (χ0) is 14.2. The number of aromatic nitrogens is 1. The van der Waals surface area contributed by atoms with Gasteiger partial charge in [0, 0.05) is 11.5 Å². The zero-order valence-corrected chi connectivity index (χ0v) is 9.62. The fraction of sp³-hybridized carbons (Fsp3) is 0.273. The number of nitrogens with zero attached hydrogens (tertiary/aromatic N) is 1. The Labute approximate surface area is 105 Å². The van der Waals surface area contributed by atoms with Gasteiger partial charge in [-0.05, 0) is 18.5 Å². The van der Waals surface area contributed by atoms with Crippen LogP contribution in [-0.4, -0.2) is 16.5 Å². The third-order valence-electron chi connectivity index (χ3n) is 2.79. The van der Waals surface area contributed by atoms with Crippen LogP contribution < -0.4 is 5.73 Å². The Kier molecular flexibility index (Phi) is 3.19. The van der Waals surface area contributed by atoms with E-state index in [2.05, 4.69) is 4.98 Å². The lowest BCUT2D eigenvalue weighted by molar-refractivity contribution is -0.383. The van der Waals surface area contributed by atoms with Crippen LogP contribution in [0.1, 0.15) is 11.3 Å². The van der Waals surface area contributed by atoms with Crippen molar-refractivity contribution < 1.29 is 18.1 Å². The highest BCUT2D eigenvalue weighted by Gasteiger charge is 2.37. The summed E-state index contributed by atoms with van der Waals surface area (Å²) in [4.78, 5) is 12.2. The first-order valence-electron chi connectivity index (χ1n) is 5.41. The first-order chi connectivity index (χ1) is 8.86. The topological polar surface area (TPSA) is 85.0 Å². The Morgan fingerprint density at radius 3 is 2.58 bits per heavy atom. The molecule has 2 aromatic rings. The monoisotopic (exact) mass is 273 g/mol. The molecule has 1 aromatic carbocycles. The number of nitro groups is 1. The molecule has 19 heavy (non-hydrogen) atoms. The molecule has 8 heteroatoms. The Morgan fingerprint density at radius 2 is 2.05 bits per heavy atom. The standard InChI is InChI=1S/C11H10F3N3O2/c12-11(13,14)10-7(4-5-15)6-2-1-3-8(17(18)19)9(6)16-10/h1-3,16H,4-5,15H2. The summed E-state index contributed by atoms with van der Waals surface area (Å²) in [5.74, 6) is 0. The third-order valence-corrected chi connectivity index (χ3v) is 2.79. The van der Waals surface area contributed by atoms with Crippen LogP contribution in [0.25, 0.3) is 10.9 Å². The molecule has 0 fully saturated rings. The van der Waals surface area contributed by atoms with Crippen molar-refractivity contribution in [3.8, 4) is 0 Å². The van der Waals surface area contributed by atoms with Gasteiger partial charge >= 0.3 is 6.18 Å². The average molecular weight is 273 g/mol. The van der Waals surface area contributed by atoms with Gasteiger partial charge in [0.15, 0.2) is 0 Å². The Morgan fingerprint density at radius 1 is 1.37 bits per heavy atom. The molecule has 0 saturated heterocycles. The maximum atomic E-state index is 12.9. The van der Waals surface area contributed by atoms with Gasteiger partial charge in [0.05, 0.1) is 4.92 Å². The second kappa shape index (κ2) is 4.54. The number of rotatable bonds is 3. The van der Waals surface area contributed by atoms with Crippen LogP contribution >= 0.6 is 0 Å². The van der Waals surface area contributed by atoms with Crippen LogP contribution in [-0.2, 0) is 12.6 Å². The van der Waals surface area contributed by atoms with Gasteiger partial charge in [-0.2, -0.15) is 13.2 Å². The summed E-state index contributed by atoms with van der Waals surface area (Å²) >= 11 is 0. The van der Waals surface area contributed by atoms with Crippen LogP contribution in [0.15, 0.2) is 18.2 Å². The lowest BCUT2D eigenvalue weighted by atomic mass is 10.1. The van der Waals surface area contributed by atoms with Crippen molar-refractivity contribution in [2.75, 3.05) is 6.54 Å². The number of aromatic amines is 1. The van der Waals surface area contributed by atoms with Crippen molar-refractivity contribution >= 4 is 16.6 Å². The van der Waals surface area contributed by atoms with E-state index < -0.39 is 16.8 Å². The fourth-order valence-corrected chi connectivity index (χ4v) is 2.06. The number of hydrogen-bond acceptors (Lipinski definition) is 3. The number of nitrogens with two attached hydrogens (primary N) is 1. The normalized spacial score (nSPS) is 12.0. The van der Waals surface area contributed by atoms with Crippen molar-refractivity contribution in [1.82, 2.24) is 4.98 Å². The summed E-state index contributed by atoms with van der Waals surface area (Å²) in [5.41, 5.74) is 3.80. The summed E-state index contributed by atoms with van der Waals surface area (Å²) in [6.45, 7) is 0.0265. The number of hydrogen-bond donors (Lipinski definition) is 2. The molecule has 0 radical (unpaired) electrons. The SMILES string of the molecule is NCCc1c(C(F)(F)F)[nH]c2c([N+](=O)[O-])cccc12. The van der Waals surface area contributed by atoms with Gasteiger partial charge < -0.3 is 10.7 Å². The summed E-state index contributed by atoms with van der Waals surface area (Å²) < 4.78 is 38.7. The van der Waals surface area contributed by atoms with E-state index in [0.29, 0.717) is 0 Å². The molecule has 3 N–H and O–H groups in total. The van der Waals surface area contributed by atoms with Gasteiger partial charge in [0.1, 0.15) is 11.2 Å². The van der Waals surface area contributed by atoms with E-state index in [4.69, 9.17) is 5.73 Å². The number of nitrogens with one attached hydrogen (secondary N) is 1. The number of fused-ring (bicyclic) bond motifs is 1. The average Bonchev–Trinajstić information content (AvgIpc) is 2.68. The Hall–Kier alpha value is -2.09. The second-order valence-corrected chi connectivity index (χ2v) is 3.97. The minimum absolute atomic E-state index is 0.00396. The molecule has 0 spiro atoms. The number of nitro benzene ring substituents is 1. The number of para-hydroxylation sites is 1. The highest BCUT2D eigenvalue weighted by atomic mass is 19.4. The predicted molar refractivity (Wildman–Crippen MR) is 62.7 cm³/mol. The van der Waals surface area contributed by atoms with E-state index in [-0.39, 0.29) is 35.1 Å². The maximum absolute atomic E-state index is 12.9. The van der Waals surface area contributed by atoms with Gasteiger partial charge in [-0.25, -0.2) is 0 Å². The lowest BCUT2D eigenvalue weighted by Gasteiger charge is -2.06. The first-order valence-corrected chi connectivity index (χ1v) is 5.41. The minimum atomic E-state index is -4.60. The van der Waals surface area contributed by atoms with Crippen LogP contribution in [0.3, 0.4) is 0 Å². The summed E-state index contributed by atoms with van der Waals surface area (Å²) in [6.07, 6.45) is -4.60.